The fourth-order valence-corrected chi connectivity index (χ4v) is 6.09. The minimum absolute atomic E-state index is 0.0616. The van der Waals surface area contributed by atoms with Crippen LogP contribution in [0.3, 0.4) is 0 Å². The van der Waals surface area contributed by atoms with Crippen LogP contribution >= 0.6 is 0 Å². The topological polar surface area (TPSA) is 87.6 Å². The van der Waals surface area contributed by atoms with Crippen LogP contribution in [0.4, 0.5) is 0 Å². The van der Waals surface area contributed by atoms with Gasteiger partial charge in [-0.3, -0.25) is 0 Å². The molecule has 1 aromatic carbocycles. The second-order valence-corrected chi connectivity index (χ2v) is 7.98. The molecule has 0 amide bonds. The van der Waals surface area contributed by atoms with Crippen molar-refractivity contribution in [3.05, 3.63) is 39.9 Å². The van der Waals surface area contributed by atoms with Crippen LogP contribution in [0.15, 0.2) is 24.3 Å². The predicted molar refractivity (Wildman–Crippen MR) is 92.7 cm³/mol. The molecule has 0 atom stereocenters. The fraction of sp³-hybridized carbons (Fsp3) is 0.684. The van der Waals surface area contributed by atoms with Gasteiger partial charge in [0.1, 0.15) is 19.0 Å². The Morgan fingerprint density at radius 2 is 1.80 bits per heavy atom. The van der Waals surface area contributed by atoms with E-state index in [0.29, 0.717) is 18.4 Å². The number of benzene rings is 1. The van der Waals surface area contributed by atoms with E-state index in [4.69, 9.17) is 10.5 Å². The smallest absolute Gasteiger partial charge is 0.294 e. The summed E-state index contributed by atoms with van der Waals surface area (Å²) < 4.78 is 5.66. The van der Waals surface area contributed by atoms with Crippen molar-refractivity contribution in [1.82, 2.24) is 0 Å². The Labute approximate surface area is 147 Å². The minimum Gasteiger partial charge on any atom is -0.492 e. The first kappa shape index (κ1) is 16.6. The van der Waals surface area contributed by atoms with Crippen LogP contribution < -0.4 is 10.5 Å². The van der Waals surface area contributed by atoms with Gasteiger partial charge in [-0.05, 0) is 73.5 Å². The number of hydrogen-bond donors (Lipinski definition) is 1. The predicted octanol–water partition coefficient (Wildman–Crippen LogP) is 2.93. The van der Waals surface area contributed by atoms with Gasteiger partial charge in [0, 0.05) is 12.0 Å². The van der Waals surface area contributed by atoms with E-state index in [1.807, 2.05) is 12.1 Å². The monoisotopic (exact) mass is 346 g/mol. The lowest BCUT2D eigenvalue weighted by Crippen LogP contribution is -2.58. The Morgan fingerprint density at radius 3 is 2.40 bits per heavy atom. The molecule has 1 aromatic rings. The number of rotatable bonds is 7. The van der Waals surface area contributed by atoms with Crippen molar-refractivity contribution < 1.29 is 14.7 Å². The molecule has 6 heteroatoms. The van der Waals surface area contributed by atoms with Gasteiger partial charge in [-0.15, -0.1) is 10.1 Å². The Kier molecular flexibility index (Phi) is 4.31. The van der Waals surface area contributed by atoms with Crippen LogP contribution in [0.5, 0.6) is 5.75 Å². The van der Waals surface area contributed by atoms with E-state index in [1.54, 1.807) is 0 Å². The second kappa shape index (κ2) is 6.48. The summed E-state index contributed by atoms with van der Waals surface area (Å²) in [6.45, 7) is 0.792. The van der Waals surface area contributed by atoms with Gasteiger partial charge in [0.2, 0.25) is 0 Å². The Morgan fingerprint density at radius 1 is 1.12 bits per heavy atom. The van der Waals surface area contributed by atoms with Crippen molar-refractivity contribution in [2.75, 3.05) is 19.8 Å². The van der Waals surface area contributed by atoms with Crippen LogP contribution in [0.2, 0.25) is 0 Å². The quantitative estimate of drug-likeness (QED) is 0.466. The molecule has 0 heterocycles. The fourth-order valence-electron chi connectivity index (χ4n) is 6.09. The van der Waals surface area contributed by atoms with Crippen LogP contribution in [0.25, 0.3) is 0 Å². The summed E-state index contributed by atoms with van der Waals surface area (Å²) in [6.07, 6.45) is 6.67. The molecule has 136 valence electrons. The highest BCUT2D eigenvalue weighted by molar-refractivity contribution is 5.37. The van der Waals surface area contributed by atoms with E-state index in [-0.39, 0.29) is 18.6 Å². The molecule has 4 aliphatic rings. The molecule has 25 heavy (non-hydrogen) atoms. The van der Waals surface area contributed by atoms with Crippen LogP contribution in [0.1, 0.15) is 37.7 Å². The summed E-state index contributed by atoms with van der Waals surface area (Å²) in [7, 11) is 0. The first-order valence-corrected chi connectivity index (χ1v) is 9.32. The van der Waals surface area contributed by atoms with Crippen molar-refractivity contribution in [2.24, 2.45) is 29.4 Å². The molecule has 4 bridgehead atoms. The van der Waals surface area contributed by atoms with Gasteiger partial charge in [-0.1, -0.05) is 12.1 Å². The lowest BCUT2D eigenvalue weighted by molar-refractivity contribution is -0.757. The van der Waals surface area contributed by atoms with E-state index in [9.17, 15) is 10.1 Å². The van der Waals surface area contributed by atoms with Gasteiger partial charge in [-0.2, -0.15) is 0 Å². The molecule has 0 radical (unpaired) electrons. The lowest BCUT2D eigenvalue weighted by atomic mass is 9.44. The van der Waals surface area contributed by atoms with E-state index < -0.39 is 5.09 Å². The average Bonchev–Trinajstić information content (AvgIpc) is 2.59. The first-order valence-electron chi connectivity index (χ1n) is 9.32. The van der Waals surface area contributed by atoms with Gasteiger partial charge >= 0.3 is 0 Å². The standard InChI is InChI=1S/C19H26N2O4/c20-12-19(16-7-13-6-14(9-16)10-17(19)8-13)15-2-1-3-18(11-15)24-4-5-25-21(22)23/h1-3,11,13-14,16-17H,4-10,12,20H2. The van der Waals surface area contributed by atoms with Gasteiger partial charge < -0.3 is 15.3 Å². The maximum absolute atomic E-state index is 10.2. The summed E-state index contributed by atoms with van der Waals surface area (Å²) in [4.78, 5) is 14.5. The van der Waals surface area contributed by atoms with Crippen LogP contribution in [-0.2, 0) is 10.3 Å². The van der Waals surface area contributed by atoms with Gasteiger partial charge in [0.15, 0.2) is 0 Å². The van der Waals surface area contributed by atoms with Crippen molar-refractivity contribution in [3.63, 3.8) is 0 Å². The third-order valence-corrected chi connectivity index (χ3v) is 6.85. The largest absolute Gasteiger partial charge is 0.492 e. The van der Waals surface area contributed by atoms with E-state index in [1.165, 1.54) is 37.7 Å². The lowest BCUT2D eigenvalue weighted by Gasteiger charge is -2.61. The van der Waals surface area contributed by atoms with Gasteiger partial charge in [0.05, 0.1) is 0 Å². The SMILES string of the molecule is NCC1(c2cccc(OCCO[N+](=O)[O-])c2)C2CC3CC(C2)CC1C3. The molecular weight excluding hydrogens is 320 g/mol. The molecule has 5 rings (SSSR count). The molecule has 0 saturated heterocycles. The average molecular weight is 346 g/mol. The third-order valence-electron chi connectivity index (χ3n) is 6.85. The molecule has 4 aliphatic carbocycles. The molecule has 4 saturated carbocycles. The maximum atomic E-state index is 10.2. The van der Waals surface area contributed by atoms with E-state index >= 15 is 0 Å². The summed E-state index contributed by atoms with van der Waals surface area (Å²) >= 11 is 0. The summed E-state index contributed by atoms with van der Waals surface area (Å²) in [6, 6.07) is 8.20. The van der Waals surface area contributed by atoms with E-state index in [0.717, 1.165) is 17.6 Å². The summed E-state index contributed by atoms with van der Waals surface area (Å²) in [5.41, 5.74) is 7.75. The highest BCUT2D eigenvalue weighted by atomic mass is 17.0. The molecule has 4 fully saturated rings. The Bertz CT molecular complexity index is 620. The highest BCUT2D eigenvalue weighted by Crippen LogP contribution is 2.62. The van der Waals surface area contributed by atoms with Crippen molar-refractivity contribution >= 4 is 0 Å². The zero-order valence-corrected chi connectivity index (χ0v) is 14.4. The van der Waals surface area contributed by atoms with Crippen molar-refractivity contribution in [2.45, 2.75) is 37.5 Å². The van der Waals surface area contributed by atoms with Crippen LogP contribution in [-0.4, -0.2) is 24.8 Å². The summed E-state index contributed by atoms with van der Waals surface area (Å²) in [5.74, 6) is 3.91. The van der Waals surface area contributed by atoms with Crippen LogP contribution in [0, 0.1) is 33.8 Å². The maximum Gasteiger partial charge on any atom is 0.294 e. The number of ether oxygens (including phenoxy) is 1. The molecule has 0 aromatic heterocycles. The van der Waals surface area contributed by atoms with Crippen molar-refractivity contribution in [1.29, 1.82) is 0 Å². The second-order valence-electron chi connectivity index (χ2n) is 7.98. The number of nitrogens with two attached hydrogens (primary N) is 1. The third kappa shape index (κ3) is 2.86. The van der Waals surface area contributed by atoms with E-state index in [2.05, 4.69) is 17.0 Å². The normalized spacial score (nSPS) is 35.6. The molecule has 0 unspecified atom stereocenters. The molecule has 2 N–H and O–H groups in total. The summed E-state index contributed by atoms with van der Waals surface area (Å²) in [5, 5.41) is 9.41. The molecule has 0 spiro atoms. The highest BCUT2D eigenvalue weighted by Gasteiger charge is 2.57. The molecule has 0 aliphatic heterocycles. The number of nitrogens with zero attached hydrogens (tertiary/aromatic N) is 1. The minimum atomic E-state index is -0.794. The first-order chi connectivity index (χ1) is 12.1. The molecule has 6 nitrogen and oxygen atoms in total. The Hall–Kier alpha value is -1.82. The van der Waals surface area contributed by atoms with Gasteiger partial charge in [-0.25, -0.2) is 0 Å². The van der Waals surface area contributed by atoms with Gasteiger partial charge in [0.25, 0.3) is 5.09 Å². The zero-order valence-electron chi connectivity index (χ0n) is 14.4. The number of hydrogen-bond acceptors (Lipinski definition) is 5. The molecular formula is C19H26N2O4. The zero-order chi connectivity index (χ0) is 17.4. The Balaban J connectivity index is 1.54. The van der Waals surface area contributed by atoms with Crippen molar-refractivity contribution in [3.8, 4) is 5.75 Å².